The number of nitrogens with zero attached hydrogens (tertiary/aromatic N) is 2. The van der Waals surface area contributed by atoms with E-state index in [0.29, 0.717) is 23.7 Å². The van der Waals surface area contributed by atoms with Crippen molar-refractivity contribution in [3.8, 4) is 34.5 Å². The molecule has 3 aliphatic heterocycles. The third-order valence-corrected chi connectivity index (χ3v) is 8.97. The van der Waals surface area contributed by atoms with Gasteiger partial charge in [-0.25, -0.2) is 0 Å². The molecule has 9 heteroatoms. The SMILES string of the molecule is COc1c(C)c(OC)c(OC)c2c1CC1[C@@H]3c4c(c(OC)c(C)c(OC)c4OC)C[C@@H](CN1[C@H]2CO)N3C. The summed E-state index contributed by atoms with van der Waals surface area (Å²) in [4.78, 5) is 4.90. The number of methoxy groups -OCH3 is 6. The summed E-state index contributed by atoms with van der Waals surface area (Å²) >= 11 is 0. The minimum atomic E-state index is -0.275. The minimum absolute atomic E-state index is 0.0174. The summed E-state index contributed by atoms with van der Waals surface area (Å²) in [7, 11) is 12.3. The molecule has 0 spiro atoms. The van der Waals surface area contributed by atoms with Crippen molar-refractivity contribution < 1.29 is 33.5 Å². The Labute approximate surface area is 225 Å². The van der Waals surface area contributed by atoms with Gasteiger partial charge >= 0.3 is 0 Å². The van der Waals surface area contributed by atoms with Gasteiger partial charge in [-0.2, -0.15) is 0 Å². The van der Waals surface area contributed by atoms with Gasteiger partial charge in [0, 0.05) is 52.0 Å². The molecule has 2 aromatic rings. The predicted octanol–water partition coefficient (Wildman–Crippen LogP) is 3.23. The van der Waals surface area contributed by atoms with Crippen LogP contribution in [0.1, 0.15) is 45.5 Å². The molecule has 5 rings (SSSR count). The van der Waals surface area contributed by atoms with E-state index in [9.17, 15) is 5.11 Å². The van der Waals surface area contributed by atoms with E-state index in [0.717, 1.165) is 58.0 Å². The summed E-state index contributed by atoms with van der Waals surface area (Å²) in [6.45, 7) is 4.75. The van der Waals surface area contributed by atoms with Crippen molar-refractivity contribution in [1.82, 2.24) is 9.80 Å². The lowest BCUT2D eigenvalue weighted by Gasteiger charge is -2.58. The second-order valence-electron chi connectivity index (χ2n) is 10.4. The third kappa shape index (κ3) is 3.48. The largest absolute Gasteiger partial charge is 0.496 e. The Kier molecular flexibility index (Phi) is 7.04. The van der Waals surface area contributed by atoms with Crippen LogP contribution in [0.3, 0.4) is 0 Å². The number of piperazine rings is 1. The van der Waals surface area contributed by atoms with Gasteiger partial charge in [-0.3, -0.25) is 9.80 Å². The molecule has 3 heterocycles. The summed E-state index contributed by atoms with van der Waals surface area (Å²) in [5, 5.41) is 10.9. The zero-order chi connectivity index (χ0) is 27.5. The average Bonchev–Trinajstić information content (AvgIpc) is 2.91. The normalized spacial score (nSPS) is 24.2. The molecule has 9 nitrogen and oxygen atoms in total. The molecule has 1 fully saturated rings. The van der Waals surface area contributed by atoms with E-state index in [1.807, 2.05) is 13.8 Å². The van der Waals surface area contributed by atoms with Gasteiger partial charge in [0.05, 0.1) is 61.3 Å². The second kappa shape index (κ2) is 10.0. The van der Waals surface area contributed by atoms with Gasteiger partial charge in [-0.15, -0.1) is 0 Å². The Morgan fingerprint density at radius 3 is 1.63 bits per heavy atom. The fourth-order valence-electron chi connectivity index (χ4n) is 7.47. The highest BCUT2D eigenvalue weighted by Crippen LogP contribution is 2.58. The van der Waals surface area contributed by atoms with Gasteiger partial charge in [0.1, 0.15) is 11.5 Å². The second-order valence-corrected chi connectivity index (χ2v) is 10.4. The molecule has 1 saturated heterocycles. The highest BCUT2D eigenvalue weighted by molar-refractivity contribution is 5.67. The van der Waals surface area contributed by atoms with Crippen molar-refractivity contribution in [2.24, 2.45) is 0 Å². The molecule has 4 atom stereocenters. The van der Waals surface area contributed by atoms with E-state index in [4.69, 9.17) is 28.4 Å². The number of hydrogen-bond donors (Lipinski definition) is 1. The fourth-order valence-corrected chi connectivity index (χ4v) is 7.47. The first kappa shape index (κ1) is 26.7. The van der Waals surface area contributed by atoms with Crippen LogP contribution in [0, 0.1) is 13.8 Å². The van der Waals surface area contributed by atoms with Crippen LogP contribution < -0.4 is 28.4 Å². The fraction of sp³-hybridized carbons (Fsp3) is 0.586. The molecule has 38 heavy (non-hydrogen) atoms. The zero-order valence-electron chi connectivity index (χ0n) is 23.9. The number of aliphatic hydroxyl groups is 1. The molecule has 0 aromatic heterocycles. The van der Waals surface area contributed by atoms with Gasteiger partial charge in [-0.1, -0.05) is 0 Å². The Morgan fingerprint density at radius 1 is 0.684 bits per heavy atom. The molecule has 3 aliphatic rings. The van der Waals surface area contributed by atoms with Crippen LogP contribution in [-0.4, -0.2) is 89.8 Å². The van der Waals surface area contributed by atoms with Crippen molar-refractivity contribution in [3.05, 3.63) is 33.4 Å². The van der Waals surface area contributed by atoms with Crippen LogP contribution >= 0.6 is 0 Å². The van der Waals surface area contributed by atoms with Crippen molar-refractivity contribution in [1.29, 1.82) is 0 Å². The van der Waals surface area contributed by atoms with Gasteiger partial charge in [0.15, 0.2) is 23.0 Å². The van der Waals surface area contributed by atoms with E-state index in [1.165, 1.54) is 5.56 Å². The van der Waals surface area contributed by atoms with Crippen LogP contribution in [-0.2, 0) is 12.8 Å². The number of likely N-dealkylation sites (N-methyl/N-ethyl adjacent to an activating group) is 1. The lowest BCUT2D eigenvalue weighted by molar-refractivity contribution is -0.0597. The summed E-state index contributed by atoms with van der Waals surface area (Å²) in [5.74, 6) is 4.40. The van der Waals surface area contributed by atoms with Gasteiger partial charge in [0.2, 0.25) is 0 Å². The van der Waals surface area contributed by atoms with E-state index >= 15 is 0 Å². The summed E-state index contributed by atoms with van der Waals surface area (Å²) in [6, 6.07) is -0.0258. The highest BCUT2D eigenvalue weighted by Gasteiger charge is 2.53. The summed E-state index contributed by atoms with van der Waals surface area (Å²) in [5.41, 5.74) is 6.10. The summed E-state index contributed by atoms with van der Waals surface area (Å²) < 4.78 is 35.6. The molecule has 1 N–H and O–H groups in total. The number of aliphatic hydroxyl groups excluding tert-OH is 1. The Balaban J connectivity index is 1.78. The third-order valence-electron chi connectivity index (χ3n) is 8.97. The maximum atomic E-state index is 10.9. The van der Waals surface area contributed by atoms with Crippen LogP contribution in [0.15, 0.2) is 0 Å². The van der Waals surface area contributed by atoms with Crippen LogP contribution in [0.5, 0.6) is 34.5 Å². The monoisotopic (exact) mass is 528 g/mol. The van der Waals surface area contributed by atoms with Crippen LogP contribution in [0.2, 0.25) is 0 Å². The number of hydrogen-bond acceptors (Lipinski definition) is 9. The Morgan fingerprint density at radius 2 is 1.16 bits per heavy atom. The van der Waals surface area contributed by atoms with E-state index in [2.05, 4.69) is 16.8 Å². The molecule has 2 bridgehead atoms. The first-order valence-electron chi connectivity index (χ1n) is 13.0. The van der Waals surface area contributed by atoms with E-state index in [-0.39, 0.29) is 30.8 Å². The first-order valence-corrected chi connectivity index (χ1v) is 13.0. The summed E-state index contributed by atoms with van der Waals surface area (Å²) in [6.07, 6.45) is 1.51. The lowest BCUT2D eigenvalue weighted by Crippen LogP contribution is -2.64. The van der Waals surface area contributed by atoms with Crippen molar-refractivity contribution >= 4 is 0 Å². The minimum Gasteiger partial charge on any atom is -0.496 e. The van der Waals surface area contributed by atoms with Gasteiger partial charge in [0.25, 0.3) is 0 Å². The van der Waals surface area contributed by atoms with Crippen molar-refractivity contribution in [2.45, 2.75) is 50.9 Å². The van der Waals surface area contributed by atoms with Crippen molar-refractivity contribution in [3.63, 3.8) is 0 Å². The standard InChI is InChI=1S/C29H40N2O7/c1-14-24(33-4)17-10-16-12-31-19(23(30(16)3)22(17)29(38-9)27(14)36-7)11-18-21(20(31)13-32)28(37-8)26(35-6)15(2)25(18)34-5/h16,19-20,23,32H,10-13H2,1-9H3/t16-,19?,20-,23+/m0/s1. The molecule has 0 aliphatic carbocycles. The molecule has 0 amide bonds. The topological polar surface area (TPSA) is 82.1 Å². The zero-order valence-corrected chi connectivity index (χ0v) is 23.9. The highest BCUT2D eigenvalue weighted by atomic mass is 16.5. The molecule has 208 valence electrons. The van der Waals surface area contributed by atoms with Crippen LogP contribution in [0.25, 0.3) is 0 Å². The molecule has 1 unspecified atom stereocenters. The molecular formula is C29H40N2O7. The maximum Gasteiger partial charge on any atom is 0.167 e. The number of ether oxygens (including phenoxy) is 6. The predicted molar refractivity (Wildman–Crippen MR) is 144 cm³/mol. The first-order chi connectivity index (χ1) is 18.3. The quantitative estimate of drug-likeness (QED) is 0.583. The Bertz CT molecular complexity index is 1250. The molecular weight excluding hydrogens is 488 g/mol. The van der Waals surface area contributed by atoms with E-state index in [1.54, 1.807) is 42.7 Å². The number of fused-ring (bicyclic) bond motifs is 7. The van der Waals surface area contributed by atoms with Gasteiger partial charge < -0.3 is 33.5 Å². The van der Waals surface area contributed by atoms with Gasteiger partial charge in [-0.05, 0) is 33.7 Å². The average molecular weight is 529 g/mol. The molecule has 0 saturated carbocycles. The lowest BCUT2D eigenvalue weighted by atomic mass is 9.73. The smallest absolute Gasteiger partial charge is 0.167 e. The number of rotatable bonds is 7. The van der Waals surface area contributed by atoms with E-state index < -0.39 is 0 Å². The molecule has 0 radical (unpaired) electrons. The van der Waals surface area contributed by atoms with Crippen molar-refractivity contribution in [2.75, 3.05) is 62.9 Å². The Hall–Kier alpha value is -2.88. The molecule has 2 aromatic carbocycles. The number of benzene rings is 2. The van der Waals surface area contributed by atoms with Crippen LogP contribution in [0.4, 0.5) is 0 Å². The maximum absolute atomic E-state index is 10.9.